The van der Waals surface area contributed by atoms with E-state index in [9.17, 15) is 28.8 Å². The Bertz CT molecular complexity index is 2080. The molecule has 17 heteroatoms. The molecule has 3 atom stereocenters. The molecule has 67 heavy (non-hydrogen) atoms. The molecule has 360 valence electrons. The van der Waals surface area contributed by atoms with E-state index < -0.39 is 60.8 Å². The Morgan fingerprint density at radius 1 is 0.522 bits per heavy atom. The van der Waals surface area contributed by atoms with Crippen molar-refractivity contribution in [2.75, 3.05) is 39.3 Å². The predicted molar refractivity (Wildman–Crippen MR) is 248 cm³/mol. The number of rotatable bonds is 30. The van der Waals surface area contributed by atoms with E-state index in [0.717, 1.165) is 22.3 Å². The first-order valence-electron chi connectivity index (χ1n) is 22.4. The van der Waals surface area contributed by atoms with Crippen LogP contribution < -0.4 is 16.8 Å². The molecular formula is C50H63N5O12. The maximum absolute atomic E-state index is 13.8. The molecule has 0 heterocycles. The number of hydrogen-bond donors (Lipinski definition) is 4. The lowest BCUT2D eigenvalue weighted by Gasteiger charge is -2.30. The first-order chi connectivity index (χ1) is 32.5. The van der Waals surface area contributed by atoms with Gasteiger partial charge in [-0.1, -0.05) is 128 Å². The van der Waals surface area contributed by atoms with E-state index in [1.54, 1.807) is 12.1 Å². The fourth-order valence-corrected chi connectivity index (χ4v) is 6.49. The highest BCUT2D eigenvalue weighted by Crippen LogP contribution is 2.14. The molecule has 0 bridgehead atoms. The fraction of sp³-hybridized carbons (Fsp3) is 0.400. The molecule has 0 aliphatic carbocycles. The maximum Gasteiger partial charge on any atom is 0.410 e. The number of aliphatic carboxylic acids is 1. The molecule has 0 fully saturated rings. The summed E-state index contributed by atoms with van der Waals surface area (Å²) < 4.78 is 28.4. The van der Waals surface area contributed by atoms with Crippen LogP contribution in [-0.2, 0) is 69.3 Å². The van der Waals surface area contributed by atoms with Crippen molar-refractivity contribution in [1.82, 2.24) is 15.1 Å². The van der Waals surface area contributed by atoms with Gasteiger partial charge in [-0.2, -0.15) is 0 Å². The maximum atomic E-state index is 13.8. The van der Waals surface area contributed by atoms with E-state index in [1.165, 1.54) is 9.80 Å². The number of amides is 3. The van der Waals surface area contributed by atoms with E-state index in [0.29, 0.717) is 19.3 Å². The Hall–Kier alpha value is -6.82. The zero-order valence-electron chi connectivity index (χ0n) is 37.8. The zero-order valence-corrected chi connectivity index (χ0v) is 37.8. The van der Waals surface area contributed by atoms with Crippen molar-refractivity contribution in [2.45, 2.75) is 89.6 Å². The molecule has 0 radical (unpaired) electrons. The summed E-state index contributed by atoms with van der Waals surface area (Å²) in [6.07, 6.45) is -0.626. The van der Waals surface area contributed by atoms with Gasteiger partial charge < -0.3 is 55.4 Å². The molecule has 17 nitrogen and oxygen atoms in total. The SMILES string of the molecule is NC(CCN(CCC(CN(CCC(N)C(=O)OCc1ccccc1)C(=O)OCc1ccccc1)OCC(=O)NCCCCCC(=O)O)C(=O)OCc1ccccc1)C(=O)OCc1ccccc1. The van der Waals surface area contributed by atoms with E-state index >= 15 is 0 Å². The normalized spacial score (nSPS) is 12.1. The number of nitrogens with zero attached hydrogens (tertiary/aromatic N) is 2. The van der Waals surface area contributed by atoms with Crippen LogP contribution in [0.1, 0.15) is 67.2 Å². The molecule has 0 aliphatic rings. The molecule has 0 saturated carbocycles. The number of nitrogens with one attached hydrogen (secondary N) is 1. The number of benzene rings is 4. The molecule has 0 spiro atoms. The highest BCUT2D eigenvalue weighted by Gasteiger charge is 2.27. The Morgan fingerprint density at radius 3 is 1.37 bits per heavy atom. The minimum atomic E-state index is -1.10. The quantitative estimate of drug-likeness (QED) is 0.0278. The lowest BCUT2D eigenvalue weighted by molar-refractivity contribution is -0.147. The number of unbranched alkanes of at least 4 members (excludes halogenated alkanes) is 2. The highest BCUT2D eigenvalue weighted by atomic mass is 16.6. The van der Waals surface area contributed by atoms with Gasteiger partial charge in [-0.05, 0) is 54.4 Å². The second-order valence-corrected chi connectivity index (χ2v) is 15.8. The number of ether oxygens (including phenoxy) is 5. The summed E-state index contributed by atoms with van der Waals surface area (Å²) in [6, 6.07) is 34.2. The molecule has 3 unspecified atom stereocenters. The summed E-state index contributed by atoms with van der Waals surface area (Å²) in [6.45, 7) is -0.449. The third-order valence-corrected chi connectivity index (χ3v) is 10.4. The summed E-state index contributed by atoms with van der Waals surface area (Å²) in [7, 11) is 0. The molecule has 4 rings (SSSR count). The molecular weight excluding hydrogens is 863 g/mol. The van der Waals surface area contributed by atoms with Crippen molar-refractivity contribution in [2.24, 2.45) is 11.5 Å². The number of hydrogen-bond acceptors (Lipinski definition) is 13. The number of nitrogens with two attached hydrogens (primary N) is 2. The van der Waals surface area contributed by atoms with Gasteiger partial charge in [0, 0.05) is 32.6 Å². The minimum Gasteiger partial charge on any atom is -0.481 e. The summed E-state index contributed by atoms with van der Waals surface area (Å²) in [5.41, 5.74) is 15.6. The Labute approximate surface area is 391 Å². The third-order valence-electron chi connectivity index (χ3n) is 10.4. The van der Waals surface area contributed by atoms with Crippen molar-refractivity contribution in [3.63, 3.8) is 0 Å². The van der Waals surface area contributed by atoms with Gasteiger partial charge in [-0.25, -0.2) is 9.59 Å². The number of carbonyl (C=O) groups excluding carboxylic acids is 5. The first-order valence-corrected chi connectivity index (χ1v) is 22.4. The number of carboxylic acid groups (broad SMARTS) is 1. The second-order valence-electron chi connectivity index (χ2n) is 15.8. The molecule has 0 aromatic heterocycles. The monoisotopic (exact) mass is 925 g/mol. The fourth-order valence-electron chi connectivity index (χ4n) is 6.49. The van der Waals surface area contributed by atoms with Crippen LogP contribution in [0.3, 0.4) is 0 Å². The van der Waals surface area contributed by atoms with E-state index in [4.69, 9.17) is 40.3 Å². The van der Waals surface area contributed by atoms with E-state index in [1.807, 2.05) is 109 Å². The Balaban J connectivity index is 1.50. The number of carboxylic acids is 1. The van der Waals surface area contributed by atoms with Gasteiger partial charge in [0.05, 0.1) is 12.6 Å². The topological polar surface area (TPSA) is 239 Å². The predicted octanol–water partition coefficient (Wildman–Crippen LogP) is 5.72. The standard InChI is InChI=1S/C50H63N5O12/c51-43(47(59)64-33-38-16-6-1-7-17-38)26-30-54(49(61)66-35-40-20-10-3-11-21-40)29-25-42(63-37-45(56)53-28-15-5-14-24-46(57)58)32-55(50(62)67-36-41-22-12-4-13-23-41)31-27-44(52)48(60)65-34-39-18-8-2-9-19-39/h1-4,6-13,16-23,42-44H,5,14-15,24-37,51-52H2,(H,53,56)(H,57,58). The van der Waals surface area contributed by atoms with Crippen LogP contribution in [0.2, 0.25) is 0 Å². The van der Waals surface area contributed by atoms with Crippen molar-refractivity contribution in [3.05, 3.63) is 144 Å². The smallest absolute Gasteiger partial charge is 0.410 e. The zero-order chi connectivity index (χ0) is 48.1. The third kappa shape index (κ3) is 21.8. The lowest BCUT2D eigenvalue weighted by atomic mass is 10.1. The molecule has 6 N–H and O–H groups in total. The van der Waals surface area contributed by atoms with Gasteiger partial charge in [0.2, 0.25) is 5.91 Å². The van der Waals surface area contributed by atoms with Gasteiger partial charge in [-0.15, -0.1) is 0 Å². The summed E-state index contributed by atoms with van der Waals surface area (Å²) in [5, 5.41) is 11.7. The highest BCUT2D eigenvalue weighted by molar-refractivity contribution is 5.77. The van der Waals surface area contributed by atoms with Crippen molar-refractivity contribution in [1.29, 1.82) is 0 Å². The van der Waals surface area contributed by atoms with Gasteiger partial charge in [0.1, 0.15) is 45.1 Å². The van der Waals surface area contributed by atoms with Crippen molar-refractivity contribution in [3.8, 4) is 0 Å². The van der Waals surface area contributed by atoms with Crippen molar-refractivity contribution < 1.29 is 57.6 Å². The van der Waals surface area contributed by atoms with Gasteiger partial charge in [0.15, 0.2) is 0 Å². The summed E-state index contributed by atoms with van der Waals surface area (Å²) >= 11 is 0. The second kappa shape index (κ2) is 30.4. The van der Waals surface area contributed by atoms with Gasteiger partial charge >= 0.3 is 30.1 Å². The van der Waals surface area contributed by atoms with Crippen LogP contribution in [0.5, 0.6) is 0 Å². The molecule has 3 amide bonds. The van der Waals surface area contributed by atoms with Gasteiger partial charge in [0.25, 0.3) is 0 Å². The van der Waals surface area contributed by atoms with Crippen LogP contribution in [0.25, 0.3) is 0 Å². The molecule has 0 aliphatic heterocycles. The molecule has 4 aromatic rings. The van der Waals surface area contributed by atoms with Crippen LogP contribution in [0, 0.1) is 0 Å². The molecule has 0 saturated heterocycles. The Kier molecular flexibility index (Phi) is 24.0. The largest absolute Gasteiger partial charge is 0.481 e. The first kappa shape index (κ1) is 52.8. The van der Waals surface area contributed by atoms with E-state index in [-0.39, 0.29) is 84.8 Å². The summed E-state index contributed by atoms with van der Waals surface area (Å²) in [4.78, 5) is 80.0. The average molecular weight is 926 g/mol. The van der Waals surface area contributed by atoms with Crippen LogP contribution in [0.15, 0.2) is 121 Å². The average Bonchev–Trinajstić information content (AvgIpc) is 3.35. The van der Waals surface area contributed by atoms with Crippen LogP contribution >= 0.6 is 0 Å². The molecule has 4 aromatic carbocycles. The number of carbonyl (C=O) groups is 6. The summed E-state index contributed by atoms with van der Waals surface area (Å²) in [5.74, 6) is -2.66. The Morgan fingerprint density at radius 2 is 0.925 bits per heavy atom. The number of esters is 2. The van der Waals surface area contributed by atoms with Crippen LogP contribution in [0.4, 0.5) is 9.59 Å². The van der Waals surface area contributed by atoms with Gasteiger partial charge in [-0.3, -0.25) is 19.2 Å². The lowest BCUT2D eigenvalue weighted by Crippen LogP contribution is -2.45. The van der Waals surface area contributed by atoms with Crippen LogP contribution in [-0.4, -0.2) is 108 Å². The van der Waals surface area contributed by atoms with Crippen molar-refractivity contribution >= 4 is 36.0 Å². The minimum absolute atomic E-state index is 0.0145. The van der Waals surface area contributed by atoms with E-state index in [2.05, 4.69) is 5.32 Å².